The second kappa shape index (κ2) is 7.62. The van der Waals surface area contributed by atoms with Crippen LogP contribution in [0.3, 0.4) is 0 Å². The first-order chi connectivity index (χ1) is 13.4. The summed E-state index contributed by atoms with van der Waals surface area (Å²) >= 11 is 0. The minimum Gasteiger partial charge on any atom is -0.339 e. The Morgan fingerprint density at radius 2 is 1.71 bits per heavy atom. The number of fused-ring (bicyclic) bond motifs is 1. The molecule has 1 N–H and O–H groups in total. The highest BCUT2D eigenvalue weighted by Crippen LogP contribution is 2.29. The molecule has 0 spiro atoms. The summed E-state index contributed by atoms with van der Waals surface area (Å²) in [5.74, 6) is 2.17. The van der Waals surface area contributed by atoms with E-state index in [1.54, 1.807) is 4.68 Å². The summed E-state index contributed by atoms with van der Waals surface area (Å²) in [6.07, 6.45) is 3.97. The Kier molecular flexibility index (Phi) is 5.19. The molecule has 0 radical (unpaired) electrons. The summed E-state index contributed by atoms with van der Waals surface area (Å²) in [4.78, 5) is 24.4. The van der Waals surface area contributed by atoms with Crippen LogP contribution in [-0.4, -0.2) is 56.7 Å². The van der Waals surface area contributed by atoms with Gasteiger partial charge in [0.15, 0.2) is 0 Å². The van der Waals surface area contributed by atoms with Gasteiger partial charge in [0.05, 0.1) is 11.3 Å². The number of nitrogens with one attached hydrogen (secondary N) is 1. The van der Waals surface area contributed by atoms with Crippen LogP contribution in [0.4, 0.5) is 0 Å². The fourth-order valence-corrected chi connectivity index (χ4v) is 4.48. The standard InChI is InChI=1S/C21H30N6O/c1-13(2)19-18(12-27(25-19)21-23-14(3)9-15(4)24-21)20(28)26-7-5-16-10-22-11-17(16)6-8-26/h9,12-13,16-17,22H,5-8,10-11H2,1-4H3/t16-,17+. The van der Waals surface area contributed by atoms with Crippen molar-refractivity contribution >= 4 is 5.91 Å². The van der Waals surface area contributed by atoms with Crippen molar-refractivity contribution in [3.8, 4) is 5.95 Å². The molecule has 7 heteroatoms. The van der Waals surface area contributed by atoms with Gasteiger partial charge in [0.2, 0.25) is 0 Å². The van der Waals surface area contributed by atoms with E-state index in [9.17, 15) is 4.79 Å². The van der Waals surface area contributed by atoms with Gasteiger partial charge < -0.3 is 10.2 Å². The first-order valence-corrected chi connectivity index (χ1v) is 10.3. The van der Waals surface area contributed by atoms with Crippen LogP contribution in [0.25, 0.3) is 5.95 Å². The number of aryl methyl sites for hydroxylation is 2. The summed E-state index contributed by atoms with van der Waals surface area (Å²) in [6, 6.07) is 1.94. The molecular formula is C21H30N6O. The predicted octanol–water partition coefficient (Wildman–Crippen LogP) is 2.47. The van der Waals surface area contributed by atoms with Crippen molar-refractivity contribution in [3.05, 3.63) is 34.9 Å². The SMILES string of the molecule is Cc1cc(C)nc(-n2cc(C(=O)N3CC[C@@H]4CNC[C@@H]4CC3)c(C(C)C)n2)n1. The van der Waals surface area contributed by atoms with E-state index >= 15 is 0 Å². The average Bonchev–Trinajstić information content (AvgIpc) is 3.23. The Labute approximate surface area is 166 Å². The molecule has 0 unspecified atom stereocenters. The molecule has 0 bridgehead atoms. The van der Waals surface area contributed by atoms with E-state index in [1.807, 2.05) is 31.0 Å². The van der Waals surface area contributed by atoms with Gasteiger partial charge in [-0.1, -0.05) is 13.8 Å². The van der Waals surface area contributed by atoms with Crippen LogP contribution in [-0.2, 0) is 0 Å². The molecular weight excluding hydrogens is 352 g/mol. The fourth-order valence-electron chi connectivity index (χ4n) is 4.48. The second-order valence-electron chi connectivity index (χ2n) is 8.53. The van der Waals surface area contributed by atoms with E-state index in [4.69, 9.17) is 5.10 Å². The second-order valence-corrected chi connectivity index (χ2v) is 8.53. The lowest BCUT2D eigenvalue weighted by molar-refractivity contribution is 0.0757. The van der Waals surface area contributed by atoms with Crippen molar-refractivity contribution < 1.29 is 4.79 Å². The van der Waals surface area contributed by atoms with E-state index in [1.165, 1.54) is 0 Å². The number of hydrogen-bond acceptors (Lipinski definition) is 5. The molecule has 0 saturated carbocycles. The minimum atomic E-state index is 0.0901. The van der Waals surface area contributed by atoms with Gasteiger partial charge in [-0.3, -0.25) is 4.79 Å². The lowest BCUT2D eigenvalue weighted by Crippen LogP contribution is -2.33. The molecule has 2 aromatic heterocycles. The van der Waals surface area contributed by atoms with Gasteiger partial charge in [-0.2, -0.15) is 5.10 Å². The van der Waals surface area contributed by atoms with Crippen LogP contribution in [0.5, 0.6) is 0 Å². The number of likely N-dealkylation sites (tertiary alicyclic amines) is 1. The quantitative estimate of drug-likeness (QED) is 0.883. The Morgan fingerprint density at radius 3 is 2.29 bits per heavy atom. The van der Waals surface area contributed by atoms with Crippen LogP contribution >= 0.6 is 0 Å². The van der Waals surface area contributed by atoms with Crippen molar-refractivity contribution in [1.82, 2.24) is 30.0 Å². The molecule has 0 aliphatic carbocycles. The molecule has 2 aliphatic heterocycles. The summed E-state index contributed by atoms with van der Waals surface area (Å²) in [6.45, 7) is 11.9. The minimum absolute atomic E-state index is 0.0901. The maximum Gasteiger partial charge on any atom is 0.257 e. The molecule has 4 heterocycles. The van der Waals surface area contributed by atoms with Gasteiger partial charge in [0.25, 0.3) is 11.9 Å². The molecule has 4 rings (SSSR count). The van der Waals surface area contributed by atoms with E-state index < -0.39 is 0 Å². The van der Waals surface area contributed by atoms with Crippen LogP contribution < -0.4 is 5.32 Å². The zero-order chi connectivity index (χ0) is 19.8. The zero-order valence-corrected chi connectivity index (χ0v) is 17.3. The van der Waals surface area contributed by atoms with Gasteiger partial charge in [0.1, 0.15) is 0 Å². The summed E-state index contributed by atoms with van der Waals surface area (Å²) in [5.41, 5.74) is 3.29. The largest absolute Gasteiger partial charge is 0.339 e. The topological polar surface area (TPSA) is 75.9 Å². The Bertz CT molecular complexity index is 840. The van der Waals surface area contributed by atoms with Crippen molar-refractivity contribution in [3.63, 3.8) is 0 Å². The van der Waals surface area contributed by atoms with Crippen molar-refractivity contribution in [2.24, 2.45) is 11.8 Å². The number of rotatable bonds is 3. The van der Waals surface area contributed by atoms with E-state index in [2.05, 4.69) is 29.1 Å². The lowest BCUT2D eigenvalue weighted by Gasteiger charge is -2.21. The molecule has 7 nitrogen and oxygen atoms in total. The predicted molar refractivity (Wildman–Crippen MR) is 108 cm³/mol. The summed E-state index contributed by atoms with van der Waals surface area (Å²) in [5, 5.41) is 8.18. The molecule has 2 aliphatic rings. The van der Waals surface area contributed by atoms with Gasteiger partial charge in [-0.15, -0.1) is 0 Å². The molecule has 28 heavy (non-hydrogen) atoms. The van der Waals surface area contributed by atoms with Gasteiger partial charge in [-0.05, 0) is 63.6 Å². The van der Waals surface area contributed by atoms with Crippen molar-refractivity contribution in [1.29, 1.82) is 0 Å². The molecule has 2 fully saturated rings. The maximum atomic E-state index is 13.4. The number of carbonyl (C=O) groups excluding carboxylic acids is 1. The summed E-state index contributed by atoms with van der Waals surface area (Å²) in [7, 11) is 0. The van der Waals surface area contributed by atoms with Crippen LogP contribution in [0, 0.1) is 25.7 Å². The third-order valence-electron chi connectivity index (χ3n) is 6.00. The smallest absolute Gasteiger partial charge is 0.257 e. The van der Waals surface area contributed by atoms with Crippen molar-refractivity contribution in [2.75, 3.05) is 26.2 Å². The fraction of sp³-hybridized carbons (Fsp3) is 0.619. The monoisotopic (exact) mass is 382 g/mol. The van der Waals surface area contributed by atoms with E-state index in [0.717, 1.165) is 56.1 Å². The average molecular weight is 383 g/mol. The number of nitrogens with zero attached hydrogens (tertiary/aromatic N) is 5. The van der Waals surface area contributed by atoms with Crippen molar-refractivity contribution in [2.45, 2.75) is 46.5 Å². The highest BCUT2D eigenvalue weighted by atomic mass is 16.2. The zero-order valence-electron chi connectivity index (χ0n) is 17.3. The Balaban J connectivity index is 1.62. The first-order valence-electron chi connectivity index (χ1n) is 10.3. The third-order valence-corrected chi connectivity index (χ3v) is 6.00. The molecule has 2 saturated heterocycles. The highest BCUT2D eigenvalue weighted by molar-refractivity contribution is 5.95. The molecule has 2 atom stereocenters. The van der Waals surface area contributed by atoms with Crippen LogP contribution in [0.1, 0.15) is 60.0 Å². The first kappa shape index (κ1) is 19.1. The van der Waals surface area contributed by atoms with Crippen LogP contribution in [0.15, 0.2) is 12.3 Å². The Hall–Kier alpha value is -2.28. The van der Waals surface area contributed by atoms with E-state index in [0.29, 0.717) is 23.3 Å². The molecule has 0 aromatic carbocycles. The molecule has 2 aromatic rings. The number of amides is 1. The lowest BCUT2D eigenvalue weighted by atomic mass is 9.92. The van der Waals surface area contributed by atoms with Crippen LogP contribution in [0.2, 0.25) is 0 Å². The summed E-state index contributed by atoms with van der Waals surface area (Å²) < 4.78 is 1.67. The van der Waals surface area contributed by atoms with Gasteiger partial charge >= 0.3 is 0 Å². The Morgan fingerprint density at radius 1 is 1.11 bits per heavy atom. The van der Waals surface area contributed by atoms with Gasteiger partial charge in [0, 0.05) is 30.7 Å². The number of hydrogen-bond donors (Lipinski definition) is 1. The van der Waals surface area contributed by atoms with E-state index in [-0.39, 0.29) is 11.8 Å². The number of aromatic nitrogens is 4. The highest BCUT2D eigenvalue weighted by Gasteiger charge is 2.33. The maximum absolute atomic E-state index is 13.4. The number of carbonyl (C=O) groups is 1. The molecule has 1 amide bonds. The third kappa shape index (κ3) is 3.68. The normalized spacial score (nSPS) is 22.4. The molecule has 150 valence electrons. The van der Waals surface area contributed by atoms with Gasteiger partial charge in [-0.25, -0.2) is 14.6 Å².